The first-order valence-corrected chi connectivity index (χ1v) is 11.3. The Kier molecular flexibility index (Phi) is 6.53. The van der Waals surface area contributed by atoms with Gasteiger partial charge in [0.25, 0.3) is 0 Å². The van der Waals surface area contributed by atoms with Crippen molar-refractivity contribution < 1.29 is 34.0 Å². The van der Waals surface area contributed by atoms with Crippen molar-refractivity contribution in [3.63, 3.8) is 0 Å². The van der Waals surface area contributed by atoms with Gasteiger partial charge in [-0.2, -0.15) is 0 Å². The number of cyclic esters (lactones) is 1. The molecule has 1 aromatic heterocycles. The number of carbonyl (C=O) groups excluding carboxylic acids is 1. The number of aromatic nitrogens is 2. The molecule has 3 atom stereocenters. The number of rotatable bonds is 8. The zero-order chi connectivity index (χ0) is 24.4. The molecule has 1 amide bonds. The Hall–Kier alpha value is -3.67. The van der Waals surface area contributed by atoms with Gasteiger partial charge in [-0.25, -0.2) is 14.8 Å². The Bertz CT molecular complexity index is 1220. The lowest BCUT2D eigenvalue weighted by molar-refractivity contribution is 0.0312. The van der Waals surface area contributed by atoms with E-state index in [-0.39, 0.29) is 19.6 Å². The molecule has 5 rings (SSSR count). The number of methoxy groups -OCH3 is 1. The molecule has 3 aromatic rings. The first kappa shape index (κ1) is 23.1. The molecule has 3 heterocycles. The van der Waals surface area contributed by atoms with Crippen LogP contribution >= 0.6 is 0 Å². The third kappa shape index (κ3) is 4.78. The highest BCUT2D eigenvalue weighted by Crippen LogP contribution is 2.35. The summed E-state index contributed by atoms with van der Waals surface area (Å²) in [6.07, 6.45) is -1.62. The monoisotopic (exact) mass is 482 g/mol. The summed E-state index contributed by atoms with van der Waals surface area (Å²) in [4.78, 5) is 22.6. The predicted molar refractivity (Wildman–Crippen MR) is 125 cm³/mol. The van der Waals surface area contributed by atoms with Gasteiger partial charge < -0.3 is 34.5 Å². The minimum atomic E-state index is -0.972. The summed E-state index contributed by atoms with van der Waals surface area (Å²) in [5.41, 5.74) is 2.37. The van der Waals surface area contributed by atoms with Crippen LogP contribution in [0.5, 0.6) is 17.4 Å². The van der Waals surface area contributed by atoms with Gasteiger partial charge in [-0.05, 0) is 18.2 Å². The zero-order valence-corrected chi connectivity index (χ0v) is 19.1. The van der Waals surface area contributed by atoms with Crippen molar-refractivity contribution in [3.8, 4) is 17.4 Å². The summed E-state index contributed by atoms with van der Waals surface area (Å²) in [7, 11) is 1.50. The maximum atomic E-state index is 12.4. The number of para-hydroxylation sites is 1. The number of hydrogen-bond acceptors (Lipinski definition) is 10. The summed E-state index contributed by atoms with van der Waals surface area (Å²) < 4.78 is 21.6. The quantitative estimate of drug-likeness (QED) is 0.432. The van der Waals surface area contributed by atoms with Crippen molar-refractivity contribution >= 4 is 22.8 Å². The van der Waals surface area contributed by atoms with E-state index in [9.17, 15) is 15.0 Å². The number of hydrogen-bond donors (Lipinski definition) is 3. The zero-order valence-electron chi connectivity index (χ0n) is 19.1. The van der Waals surface area contributed by atoms with Crippen LogP contribution in [0, 0.1) is 0 Å². The van der Waals surface area contributed by atoms with E-state index < -0.39 is 24.4 Å². The fourth-order valence-electron chi connectivity index (χ4n) is 4.11. The van der Waals surface area contributed by atoms with Gasteiger partial charge in [0.1, 0.15) is 25.4 Å². The number of ether oxygens (including phenoxy) is 4. The van der Waals surface area contributed by atoms with Crippen LogP contribution in [-0.4, -0.2) is 78.4 Å². The van der Waals surface area contributed by atoms with Gasteiger partial charge in [0.05, 0.1) is 42.7 Å². The Morgan fingerprint density at radius 1 is 1.17 bits per heavy atom. The fraction of sp³-hybridized carbons (Fsp3) is 0.375. The van der Waals surface area contributed by atoms with Gasteiger partial charge in [-0.1, -0.05) is 12.1 Å². The Balaban J connectivity index is 1.18. The molecule has 11 nitrogen and oxygen atoms in total. The third-order valence-electron chi connectivity index (χ3n) is 5.94. The predicted octanol–water partition coefficient (Wildman–Crippen LogP) is 1.42. The minimum Gasteiger partial charge on any atom is -0.486 e. The van der Waals surface area contributed by atoms with Gasteiger partial charge in [-0.15, -0.1) is 0 Å². The van der Waals surface area contributed by atoms with Crippen molar-refractivity contribution in [2.75, 3.05) is 44.9 Å². The Morgan fingerprint density at radius 3 is 2.83 bits per heavy atom. The molecular formula is C24H26N4O7. The molecule has 2 aromatic carbocycles. The largest absolute Gasteiger partial charge is 0.486 e. The molecule has 0 bridgehead atoms. The first-order chi connectivity index (χ1) is 17.0. The number of carbonyl (C=O) groups is 1. The van der Waals surface area contributed by atoms with Crippen LogP contribution in [0.1, 0.15) is 11.7 Å². The van der Waals surface area contributed by atoms with E-state index in [0.717, 1.165) is 0 Å². The van der Waals surface area contributed by atoms with Crippen LogP contribution in [0.15, 0.2) is 42.6 Å². The van der Waals surface area contributed by atoms with Gasteiger partial charge in [0.15, 0.2) is 11.5 Å². The van der Waals surface area contributed by atoms with Gasteiger partial charge in [0.2, 0.25) is 5.88 Å². The van der Waals surface area contributed by atoms with Crippen molar-refractivity contribution in [1.29, 1.82) is 0 Å². The molecule has 3 N–H and O–H groups in total. The normalized spacial score (nSPS) is 18.9. The van der Waals surface area contributed by atoms with Crippen LogP contribution in [0.25, 0.3) is 11.0 Å². The van der Waals surface area contributed by atoms with Gasteiger partial charge >= 0.3 is 6.09 Å². The highest BCUT2D eigenvalue weighted by molar-refractivity contribution is 5.90. The molecule has 184 valence electrons. The summed E-state index contributed by atoms with van der Waals surface area (Å²) in [5.74, 6) is 1.55. The Morgan fingerprint density at radius 2 is 2.00 bits per heavy atom. The Labute approximate surface area is 201 Å². The topological polar surface area (TPSA) is 136 Å². The number of anilines is 1. The van der Waals surface area contributed by atoms with Crippen molar-refractivity contribution in [2.45, 2.75) is 18.3 Å². The lowest BCUT2D eigenvalue weighted by atomic mass is 10.1. The maximum absolute atomic E-state index is 12.4. The summed E-state index contributed by atoms with van der Waals surface area (Å²) in [6.45, 7) is 1.38. The number of aliphatic hydroxyl groups excluding tert-OH is 2. The average molecular weight is 482 g/mol. The van der Waals surface area contributed by atoms with E-state index >= 15 is 0 Å². The van der Waals surface area contributed by atoms with E-state index in [4.69, 9.17) is 18.9 Å². The summed E-state index contributed by atoms with van der Waals surface area (Å²) in [5, 5.41) is 24.4. The molecule has 1 saturated heterocycles. The van der Waals surface area contributed by atoms with Crippen LogP contribution in [0.2, 0.25) is 0 Å². The fourth-order valence-corrected chi connectivity index (χ4v) is 4.11. The molecule has 0 spiro atoms. The summed E-state index contributed by atoms with van der Waals surface area (Å²) in [6, 6.07) is 10.6. The third-order valence-corrected chi connectivity index (χ3v) is 5.94. The second-order valence-corrected chi connectivity index (χ2v) is 8.23. The molecule has 2 aliphatic heterocycles. The van der Waals surface area contributed by atoms with Crippen LogP contribution in [0.4, 0.5) is 10.5 Å². The smallest absolute Gasteiger partial charge is 0.414 e. The maximum Gasteiger partial charge on any atom is 0.414 e. The van der Waals surface area contributed by atoms with E-state index in [0.29, 0.717) is 52.9 Å². The lowest BCUT2D eigenvalue weighted by Crippen LogP contribution is -2.40. The van der Waals surface area contributed by atoms with Gasteiger partial charge in [0, 0.05) is 24.7 Å². The SMILES string of the molecule is COc1cnc2cccc([C@@H](O)CNC[C@H](O)[C@@H]3CN(c4ccc5c(c4)OCCO5)C(=O)O3)c2n1. The highest BCUT2D eigenvalue weighted by atomic mass is 16.6. The molecule has 35 heavy (non-hydrogen) atoms. The van der Waals surface area contributed by atoms with E-state index in [1.165, 1.54) is 18.2 Å². The number of aliphatic hydroxyl groups is 2. The van der Waals surface area contributed by atoms with Crippen molar-refractivity contribution in [1.82, 2.24) is 15.3 Å². The van der Waals surface area contributed by atoms with Crippen LogP contribution in [-0.2, 0) is 4.74 Å². The molecule has 0 aliphatic carbocycles. The van der Waals surface area contributed by atoms with E-state index in [2.05, 4.69) is 15.3 Å². The molecule has 0 saturated carbocycles. The average Bonchev–Trinajstić information content (AvgIpc) is 3.29. The summed E-state index contributed by atoms with van der Waals surface area (Å²) >= 11 is 0. The van der Waals surface area contributed by atoms with Gasteiger partial charge in [-0.3, -0.25) is 4.90 Å². The number of fused-ring (bicyclic) bond motifs is 2. The first-order valence-electron chi connectivity index (χ1n) is 11.3. The van der Waals surface area contributed by atoms with Crippen molar-refractivity contribution in [2.24, 2.45) is 0 Å². The van der Waals surface area contributed by atoms with E-state index in [1.54, 1.807) is 36.4 Å². The molecule has 11 heteroatoms. The molecule has 0 unspecified atom stereocenters. The molecule has 1 fully saturated rings. The second kappa shape index (κ2) is 9.90. The lowest BCUT2D eigenvalue weighted by Gasteiger charge is -2.21. The van der Waals surface area contributed by atoms with Crippen LogP contribution in [0.3, 0.4) is 0 Å². The molecule has 2 aliphatic rings. The van der Waals surface area contributed by atoms with E-state index in [1.807, 2.05) is 0 Å². The van der Waals surface area contributed by atoms with Crippen molar-refractivity contribution in [3.05, 3.63) is 48.2 Å². The molecule has 0 radical (unpaired) electrons. The van der Waals surface area contributed by atoms with Crippen LogP contribution < -0.4 is 24.4 Å². The second-order valence-electron chi connectivity index (χ2n) is 8.23. The highest BCUT2D eigenvalue weighted by Gasteiger charge is 2.37. The number of amides is 1. The minimum absolute atomic E-state index is 0.115. The standard InChI is InChI=1S/C24H26N4O7/c1-32-22-12-26-16-4-2-3-15(23(16)27-22)17(29)10-25-11-18(30)21-13-28(24(31)35-21)14-5-6-19-20(9-14)34-8-7-33-19/h2-6,9,12,17-18,21,25,29-30H,7-8,10-11,13H2,1H3/t17-,18-,21-/m0/s1. The number of nitrogens with one attached hydrogen (secondary N) is 1. The number of nitrogens with zero attached hydrogens (tertiary/aromatic N) is 3. The number of benzene rings is 2. The molecular weight excluding hydrogens is 456 g/mol.